The SMILES string of the molecule is Cc1ccccc1[C@@H]1[C@@H]2CN(c3noc(C4CCC4)n3)C[C@@H]2CN1C.Cl. The highest BCUT2D eigenvalue weighted by atomic mass is 35.5. The van der Waals surface area contributed by atoms with Gasteiger partial charge >= 0.3 is 0 Å². The molecule has 0 radical (unpaired) electrons. The fourth-order valence-corrected chi connectivity index (χ4v) is 4.98. The lowest BCUT2D eigenvalue weighted by Gasteiger charge is -2.27. The lowest BCUT2D eigenvalue weighted by molar-refractivity contribution is 0.278. The number of likely N-dealkylation sites (tertiary alicyclic amines) is 1. The van der Waals surface area contributed by atoms with Crippen LogP contribution in [-0.2, 0) is 0 Å². The molecule has 1 aromatic heterocycles. The molecule has 0 bridgehead atoms. The number of hydrogen-bond acceptors (Lipinski definition) is 5. The maximum Gasteiger partial charge on any atom is 0.266 e. The average Bonchev–Trinajstić information content (AvgIpc) is 3.21. The first kappa shape index (κ1) is 17.8. The summed E-state index contributed by atoms with van der Waals surface area (Å²) >= 11 is 0. The standard InChI is InChI=1S/C20H26N4O.ClH/c1-13-6-3-4-9-16(13)18-17-12-24(11-15(17)10-23(18)2)20-21-19(25-22-20)14-7-5-8-14;/h3-4,6,9,14-15,17-18H,5,7-8,10-12H2,1-2H3;1H/t15-,17+,18+;/m0./s1. The van der Waals surface area contributed by atoms with Gasteiger partial charge in [-0.15, -0.1) is 12.4 Å². The van der Waals surface area contributed by atoms with E-state index in [1.54, 1.807) is 0 Å². The van der Waals surface area contributed by atoms with Crippen LogP contribution in [0.4, 0.5) is 5.95 Å². The van der Waals surface area contributed by atoms with Crippen LogP contribution in [0.1, 0.15) is 48.2 Å². The molecule has 2 aromatic rings. The Balaban J connectivity index is 0.00000168. The Kier molecular flexibility index (Phi) is 4.70. The minimum Gasteiger partial charge on any atom is -0.337 e. The van der Waals surface area contributed by atoms with Crippen LogP contribution in [0.3, 0.4) is 0 Å². The lowest BCUT2D eigenvalue weighted by Crippen LogP contribution is -2.30. The summed E-state index contributed by atoms with van der Waals surface area (Å²) in [5.41, 5.74) is 2.87. The van der Waals surface area contributed by atoms with Gasteiger partial charge in [-0.3, -0.25) is 4.90 Å². The normalized spacial score (nSPS) is 28.7. The zero-order valence-corrected chi connectivity index (χ0v) is 16.3. The molecular weight excluding hydrogens is 348 g/mol. The molecule has 3 fully saturated rings. The van der Waals surface area contributed by atoms with Crippen molar-refractivity contribution < 1.29 is 4.52 Å². The molecule has 0 spiro atoms. The van der Waals surface area contributed by atoms with Crippen molar-refractivity contribution in [1.82, 2.24) is 15.0 Å². The van der Waals surface area contributed by atoms with Crippen molar-refractivity contribution in [2.75, 3.05) is 31.6 Å². The predicted molar refractivity (Wildman–Crippen MR) is 104 cm³/mol. The van der Waals surface area contributed by atoms with Crippen LogP contribution in [0.2, 0.25) is 0 Å². The van der Waals surface area contributed by atoms with Crippen molar-refractivity contribution in [1.29, 1.82) is 0 Å². The number of halogens is 1. The van der Waals surface area contributed by atoms with Crippen molar-refractivity contribution in [2.24, 2.45) is 11.8 Å². The van der Waals surface area contributed by atoms with E-state index in [4.69, 9.17) is 9.51 Å². The van der Waals surface area contributed by atoms with E-state index in [0.717, 1.165) is 31.5 Å². The van der Waals surface area contributed by atoms with Crippen LogP contribution in [0.15, 0.2) is 28.8 Å². The number of nitrogens with zero attached hydrogens (tertiary/aromatic N) is 4. The first-order valence-corrected chi connectivity index (χ1v) is 9.55. The smallest absolute Gasteiger partial charge is 0.266 e. The van der Waals surface area contributed by atoms with Gasteiger partial charge in [-0.05, 0) is 49.0 Å². The van der Waals surface area contributed by atoms with Gasteiger partial charge in [0, 0.05) is 37.5 Å². The van der Waals surface area contributed by atoms with Gasteiger partial charge in [0.05, 0.1) is 0 Å². The van der Waals surface area contributed by atoms with Gasteiger partial charge in [0.2, 0.25) is 5.89 Å². The molecule has 5 nitrogen and oxygen atoms in total. The summed E-state index contributed by atoms with van der Waals surface area (Å²) in [5.74, 6) is 3.49. The van der Waals surface area contributed by atoms with E-state index in [-0.39, 0.29) is 12.4 Å². The second kappa shape index (κ2) is 6.86. The Labute approximate surface area is 161 Å². The number of aryl methyl sites for hydroxylation is 1. The summed E-state index contributed by atoms with van der Waals surface area (Å²) < 4.78 is 5.54. The number of fused-ring (bicyclic) bond motifs is 1. The molecule has 3 aliphatic rings. The second-order valence-electron chi connectivity index (χ2n) is 8.13. The van der Waals surface area contributed by atoms with Crippen molar-refractivity contribution >= 4 is 18.4 Å². The largest absolute Gasteiger partial charge is 0.337 e. The summed E-state index contributed by atoms with van der Waals surface area (Å²) in [6.45, 7) is 5.44. The summed E-state index contributed by atoms with van der Waals surface area (Å²) in [5, 5.41) is 4.29. The molecule has 6 heteroatoms. The van der Waals surface area contributed by atoms with Gasteiger partial charge in [0.25, 0.3) is 5.95 Å². The minimum atomic E-state index is 0. The summed E-state index contributed by atoms with van der Waals surface area (Å²) in [6, 6.07) is 9.32. The van der Waals surface area contributed by atoms with Crippen LogP contribution >= 0.6 is 12.4 Å². The topological polar surface area (TPSA) is 45.4 Å². The number of rotatable bonds is 3. The molecule has 3 atom stereocenters. The summed E-state index contributed by atoms with van der Waals surface area (Å²) in [6.07, 6.45) is 3.70. The van der Waals surface area contributed by atoms with Crippen LogP contribution in [0, 0.1) is 18.8 Å². The Morgan fingerprint density at radius 2 is 1.92 bits per heavy atom. The van der Waals surface area contributed by atoms with Crippen LogP contribution < -0.4 is 4.90 Å². The van der Waals surface area contributed by atoms with Gasteiger partial charge in [0.15, 0.2) is 0 Å². The quantitative estimate of drug-likeness (QED) is 0.817. The first-order valence-electron chi connectivity index (χ1n) is 9.55. The predicted octanol–water partition coefficient (Wildman–Crippen LogP) is 3.81. The van der Waals surface area contributed by atoms with Crippen LogP contribution in [0.5, 0.6) is 0 Å². The van der Waals surface area contributed by atoms with E-state index in [1.165, 1.54) is 30.4 Å². The summed E-state index contributed by atoms with van der Waals surface area (Å²) in [4.78, 5) is 9.59. The van der Waals surface area contributed by atoms with Crippen molar-refractivity contribution in [3.05, 3.63) is 41.3 Å². The monoisotopic (exact) mass is 374 g/mol. The molecule has 26 heavy (non-hydrogen) atoms. The van der Waals surface area contributed by atoms with Gasteiger partial charge in [-0.25, -0.2) is 0 Å². The zero-order chi connectivity index (χ0) is 17.0. The highest BCUT2D eigenvalue weighted by Gasteiger charge is 2.47. The molecule has 2 saturated heterocycles. The molecule has 1 aliphatic carbocycles. The van der Waals surface area contributed by atoms with Gasteiger partial charge in [-0.2, -0.15) is 4.98 Å². The third-order valence-corrected chi connectivity index (χ3v) is 6.57. The Morgan fingerprint density at radius 1 is 1.12 bits per heavy atom. The summed E-state index contributed by atoms with van der Waals surface area (Å²) in [7, 11) is 2.27. The average molecular weight is 375 g/mol. The third-order valence-electron chi connectivity index (χ3n) is 6.57. The molecule has 0 N–H and O–H groups in total. The van der Waals surface area contributed by atoms with E-state index in [9.17, 15) is 0 Å². The highest BCUT2D eigenvalue weighted by molar-refractivity contribution is 5.85. The van der Waals surface area contributed by atoms with Crippen LogP contribution in [-0.4, -0.2) is 41.7 Å². The number of benzene rings is 1. The van der Waals surface area contributed by atoms with E-state index >= 15 is 0 Å². The van der Waals surface area contributed by atoms with E-state index in [0.29, 0.717) is 23.8 Å². The second-order valence-corrected chi connectivity index (χ2v) is 8.13. The van der Waals surface area contributed by atoms with Crippen LogP contribution in [0.25, 0.3) is 0 Å². The number of hydrogen-bond donors (Lipinski definition) is 0. The van der Waals surface area contributed by atoms with E-state index in [2.05, 4.69) is 53.2 Å². The van der Waals surface area contributed by atoms with Crippen molar-refractivity contribution in [3.63, 3.8) is 0 Å². The number of anilines is 1. The van der Waals surface area contributed by atoms with Crippen molar-refractivity contribution in [3.8, 4) is 0 Å². The van der Waals surface area contributed by atoms with Crippen molar-refractivity contribution in [2.45, 2.75) is 38.1 Å². The fraction of sp³-hybridized carbons (Fsp3) is 0.600. The molecule has 0 amide bonds. The Hall–Kier alpha value is -1.59. The molecule has 3 heterocycles. The Morgan fingerprint density at radius 3 is 2.65 bits per heavy atom. The van der Waals surface area contributed by atoms with E-state index in [1.807, 2.05) is 0 Å². The molecule has 1 aromatic carbocycles. The first-order chi connectivity index (χ1) is 12.2. The Bertz CT molecular complexity index is 775. The number of aromatic nitrogens is 2. The maximum atomic E-state index is 5.54. The maximum absolute atomic E-state index is 5.54. The molecule has 5 rings (SSSR count). The molecule has 2 aliphatic heterocycles. The molecule has 1 saturated carbocycles. The lowest BCUT2D eigenvalue weighted by atomic mass is 9.85. The fourth-order valence-electron chi connectivity index (χ4n) is 4.98. The van der Waals surface area contributed by atoms with Gasteiger partial charge < -0.3 is 9.42 Å². The molecule has 0 unspecified atom stereocenters. The third kappa shape index (κ3) is 2.81. The van der Waals surface area contributed by atoms with Gasteiger partial charge in [0.1, 0.15) is 0 Å². The zero-order valence-electron chi connectivity index (χ0n) is 15.5. The highest BCUT2D eigenvalue weighted by Crippen LogP contribution is 2.45. The minimum absolute atomic E-state index is 0. The molecule has 140 valence electrons. The van der Waals surface area contributed by atoms with Gasteiger partial charge in [-0.1, -0.05) is 30.7 Å². The van der Waals surface area contributed by atoms with E-state index < -0.39 is 0 Å². The molecular formula is C20H27ClN4O.